The Morgan fingerprint density at radius 3 is 3.00 bits per heavy atom. The minimum Gasteiger partial charge on any atom is -0.316 e. The first kappa shape index (κ1) is 10.6. The van der Waals surface area contributed by atoms with Gasteiger partial charge in [0.25, 0.3) is 0 Å². The van der Waals surface area contributed by atoms with E-state index < -0.39 is 6.17 Å². The molecule has 1 saturated heterocycles. The average molecular weight is 207 g/mol. The van der Waals surface area contributed by atoms with Crippen molar-refractivity contribution >= 4 is 0 Å². The van der Waals surface area contributed by atoms with Crippen molar-refractivity contribution in [2.75, 3.05) is 13.1 Å². The molecule has 1 N–H and O–H groups in total. The molecule has 82 valence electrons. The van der Waals surface area contributed by atoms with Crippen molar-refractivity contribution < 1.29 is 4.39 Å². The molecule has 1 aromatic carbocycles. The number of alkyl halides is 1. The van der Waals surface area contributed by atoms with Crippen LogP contribution in [0.25, 0.3) is 0 Å². The molecule has 0 spiro atoms. The lowest BCUT2D eigenvalue weighted by Crippen LogP contribution is -2.32. The topological polar surface area (TPSA) is 12.0 Å². The third-order valence-corrected chi connectivity index (χ3v) is 3.11. The lowest BCUT2D eigenvalue weighted by Gasteiger charge is -2.26. The second kappa shape index (κ2) is 4.75. The van der Waals surface area contributed by atoms with Crippen molar-refractivity contribution in [3.05, 3.63) is 35.4 Å². The van der Waals surface area contributed by atoms with Crippen LogP contribution in [0.4, 0.5) is 4.39 Å². The maximum Gasteiger partial charge on any atom is 0.129 e. The van der Waals surface area contributed by atoms with Crippen molar-refractivity contribution in [1.29, 1.82) is 0 Å². The SMILES string of the molecule is Cc1cccc(C(F)C2CCCNC2)c1. The maximum absolute atomic E-state index is 14.2. The van der Waals surface area contributed by atoms with Gasteiger partial charge in [-0.2, -0.15) is 0 Å². The highest BCUT2D eigenvalue weighted by Crippen LogP contribution is 2.30. The lowest BCUT2D eigenvalue weighted by molar-refractivity contribution is 0.194. The van der Waals surface area contributed by atoms with E-state index in [1.807, 2.05) is 31.2 Å². The molecule has 2 unspecified atom stereocenters. The average Bonchev–Trinajstić information content (AvgIpc) is 2.29. The summed E-state index contributed by atoms with van der Waals surface area (Å²) in [6.45, 7) is 3.86. The molecule has 1 aliphatic rings. The van der Waals surface area contributed by atoms with Crippen LogP contribution < -0.4 is 5.32 Å². The molecule has 1 heterocycles. The summed E-state index contributed by atoms with van der Waals surface area (Å²) in [5, 5.41) is 3.26. The van der Waals surface area contributed by atoms with E-state index >= 15 is 0 Å². The van der Waals surface area contributed by atoms with E-state index in [1.54, 1.807) is 0 Å². The van der Waals surface area contributed by atoms with Gasteiger partial charge in [-0.25, -0.2) is 4.39 Å². The summed E-state index contributed by atoms with van der Waals surface area (Å²) in [6.07, 6.45) is 1.29. The van der Waals surface area contributed by atoms with E-state index in [9.17, 15) is 4.39 Å². The Kier molecular flexibility index (Phi) is 3.37. The van der Waals surface area contributed by atoms with Crippen molar-refractivity contribution in [2.24, 2.45) is 5.92 Å². The predicted molar refractivity (Wildman–Crippen MR) is 60.6 cm³/mol. The molecular formula is C13H18FN. The van der Waals surface area contributed by atoms with Crippen molar-refractivity contribution in [2.45, 2.75) is 25.9 Å². The summed E-state index contributed by atoms with van der Waals surface area (Å²) in [5.41, 5.74) is 1.97. The van der Waals surface area contributed by atoms with Gasteiger partial charge < -0.3 is 5.32 Å². The van der Waals surface area contributed by atoms with Gasteiger partial charge >= 0.3 is 0 Å². The fourth-order valence-electron chi connectivity index (χ4n) is 2.24. The van der Waals surface area contributed by atoms with E-state index in [0.29, 0.717) is 0 Å². The van der Waals surface area contributed by atoms with Crippen LogP contribution in [0.3, 0.4) is 0 Å². The zero-order valence-corrected chi connectivity index (χ0v) is 9.17. The van der Waals surface area contributed by atoms with Gasteiger partial charge in [0, 0.05) is 12.5 Å². The van der Waals surface area contributed by atoms with Gasteiger partial charge in [-0.05, 0) is 31.9 Å². The minimum absolute atomic E-state index is 0.153. The first-order valence-electron chi connectivity index (χ1n) is 5.69. The molecule has 0 bridgehead atoms. The van der Waals surface area contributed by atoms with Crippen LogP contribution in [0.15, 0.2) is 24.3 Å². The third-order valence-electron chi connectivity index (χ3n) is 3.11. The first-order valence-corrected chi connectivity index (χ1v) is 5.69. The van der Waals surface area contributed by atoms with E-state index in [-0.39, 0.29) is 5.92 Å². The normalized spacial score (nSPS) is 23.7. The number of piperidine rings is 1. The van der Waals surface area contributed by atoms with E-state index in [4.69, 9.17) is 0 Å². The molecular weight excluding hydrogens is 189 g/mol. The molecule has 15 heavy (non-hydrogen) atoms. The summed E-state index contributed by atoms with van der Waals surface area (Å²) < 4.78 is 14.2. The molecule has 1 fully saturated rings. The van der Waals surface area contributed by atoms with Crippen molar-refractivity contribution in [3.8, 4) is 0 Å². The molecule has 1 nitrogen and oxygen atoms in total. The van der Waals surface area contributed by atoms with Crippen LogP contribution in [0.5, 0.6) is 0 Å². The van der Waals surface area contributed by atoms with Gasteiger partial charge in [0.05, 0.1) is 0 Å². The van der Waals surface area contributed by atoms with Crippen LogP contribution in [-0.2, 0) is 0 Å². The summed E-state index contributed by atoms with van der Waals surface area (Å²) in [7, 11) is 0. The Bertz CT molecular complexity index is 318. The largest absolute Gasteiger partial charge is 0.316 e. The number of benzene rings is 1. The standard InChI is InChI=1S/C13H18FN/c1-10-4-2-5-11(8-10)13(14)12-6-3-7-15-9-12/h2,4-5,8,12-13,15H,3,6-7,9H2,1H3. The van der Waals surface area contributed by atoms with Gasteiger partial charge in [-0.1, -0.05) is 29.8 Å². The molecule has 2 heteroatoms. The lowest BCUT2D eigenvalue weighted by atomic mass is 9.90. The highest BCUT2D eigenvalue weighted by molar-refractivity contribution is 5.24. The van der Waals surface area contributed by atoms with E-state index in [1.165, 1.54) is 0 Å². The quantitative estimate of drug-likeness (QED) is 0.786. The highest BCUT2D eigenvalue weighted by Gasteiger charge is 2.24. The Labute approximate surface area is 90.7 Å². The van der Waals surface area contributed by atoms with E-state index in [2.05, 4.69) is 5.32 Å². The van der Waals surface area contributed by atoms with Crippen LogP contribution in [0, 0.1) is 12.8 Å². The molecule has 1 aromatic rings. The van der Waals surface area contributed by atoms with Crippen molar-refractivity contribution in [1.82, 2.24) is 5.32 Å². The molecule has 1 aliphatic heterocycles. The number of halogens is 1. The number of aryl methyl sites for hydroxylation is 1. The molecule has 0 aliphatic carbocycles. The second-order valence-corrected chi connectivity index (χ2v) is 4.42. The number of hydrogen-bond acceptors (Lipinski definition) is 1. The number of hydrogen-bond donors (Lipinski definition) is 1. The smallest absolute Gasteiger partial charge is 0.129 e. The van der Waals surface area contributed by atoms with Gasteiger partial charge in [-0.15, -0.1) is 0 Å². The second-order valence-electron chi connectivity index (χ2n) is 4.42. The maximum atomic E-state index is 14.2. The van der Waals surface area contributed by atoms with Crippen molar-refractivity contribution in [3.63, 3.8) is 0 Å². The predicted octanol–water partition coefficient (Wildman–Crippen LogP) is 3.01. The molecule has 2 atom stereocenters. The first-order chi connectivity index (χ1) is 7.27. The molecule has 0 amide bonds. The van der Waals surface area contributed by atoms with Gasteiger partial charge in [0.15, 0.2) is 0 Å². The Hall–Kier alpha value is -0.890. The third kappa shape index (κ3) is 2.57. The molecule has 0 saturated carbocycles. The zero-order chi connectivity index (χ0) is 10.7. The van der Waals surface area contributed by atoms with Gasteiger partial charge in [0.1, 0.15) is 6.17 Å². The summed E-state index contributed by atoms with van der Waals surface area (Å²) >= 11 is 0. The minimum atomic E-state index is -0.808. The summed E-state index contributed by atoms with van der Waals surface area (Å²) in [5.74, 6) is 0.153. The van der Waals surface area contributed by atoms with Crippen LogP contribution >= 0.6 is 0 Å². The molecule has 0 radical (unpaired) electrons. The van der Waals surface area contributed by atoms with E-state index in [0.717, 1.165) is 37.1 Å². The van der Waals surface area contributed by atoms with Crippen LogP contribution in [0.1, 0.15) is 30.1 Å². The number of nitrogens with one attached hydrogen (secondary N) is 1. The Balaban J connectivity index is 2.08. The number of rotatable bonds is 2. The molecule has 0 aromatic heterocycles. The Morgan fingerprint density at radius 2 is 2.33 bits per heavy atom. The monoisotopic (exact) mass is 207 g/mol. The Morgan fingerprint density at radius 1 is 1.47 bits per heavy atom. The van der Waals surface area contributed by atoms with Gasteiger partial charge in [0.2, 0.25) is 0 Å². The molecule has 2 rings (SSSR count). The van der Waals surface area contributed by atoms with Crippen LogP contribution in [0.2, 0.25) is 0 Å². The summed E-state index contributed by atoms with van der Waals surface area (Å²) in [6, 6.07) is 7.80. The fraction of sp³-hybridized carbons (Fsp3) is 0.538. The van der Waals surface area contributed by atoms with Crippen LogP contribution in [-0.4, -0.2) is 13.1 Å². The van der Waals surface area contributed by atoms with Gasteiger partial charge in [-0.3, -0.25) is 0 Å². The highest BCUT2D eigenvalue weighted by atomic mass is 19.1. The zero-order valence-electron chi connectivity index (χ0n) is 9.17. The summed E-state index contributed by atoms with van der Waals surface area (Å²) in [4.78, 5) is 0. The fourth-order valence-corrected chi connectivity index (χ4v) is 2.24.